The van der Waals surface area contributed by atoms with Crippen LogP contribution in [0.2, 0.25) is 0 Å². The molecule has 15 heteroatoms. The number of esters is 1. The first-order valence-corrected chi connectivity index (χ1v) is 13.9. The van der Waals surface area contributed by atoms with Gasteiger partial charge in [-0.2, -0.15) is 4.98 Å². The fourth-order valence-corrected chi connectivity index (χ4v) is 5.44. The maximum Gasteiger partial charge on any atom is 0.351 e. The van der Waals surface area contributed by atoms with Gasteiger partial charge in [0.15, 0.2) is 24.0 Å². The standard InChI is InChI=1S/C26H31F2N4O8P/c1-15(2)38-20(33)16(3)31-41(36)40-26(12-7-9-17-8-5-6-10-18(17)26)37-14-25(28)21(34)24(4,27)22(39-25)32-13-11-19(29)30-23(32)35/h5-11,13,15-16,21-22,34H,12,14H2,1-4H3,(H2,29,30,35)/t16-,21-,22+,24+,25+,26?/m0/s1. The van der Waals surface area contributed by atoms with Gasteiger partial charge < -0.3 is 29.9 Å². The Labute approximate surface area is 235 Å². The molecule has 2 heterocycles. The molecule has 2 aliphatic rings. The SMILES string of the molecule is CC(C)OC(=O)[C@H](C)N=[P+]([O-])OC1(OC[C@@]2(F)O[C@@H](n3ccc(N)nc3=O)[C@](C)(F)[C@@H]2O)CC=Cc2ccccc21. The Morgan fingerprint density at radius 2 is 2.05 bits per heavy atom. The fourth-order valence-electron chi connectivity index (χ4n) is 4.54. The molecule has 1 aliphatic heterocycles. The van der Waals surface area contributed by atoms with E-state index in [2.05, 4.69) is 9.73 Å². The van der Waals surface area contributed by atoms with Crippen molar-refractivity contribution in [2.45, 2.75) is 75.9 Å². The zero-order chi connectivity index (χ0) is 30.2. The number of fused-ring (bicyclic) bond motifs is 1. The molecule has 2 unspecified atom stereocenters. The number of nitrogens with zero attached hydrogens (tertiary/aromatic N) is 3. The lowest BCUT2D eigenvalue weighted by Gasteiger charge is -2.35. The van der Waals surface area contributed by atoms with Crippen LogP contribution in [-0.2, 0) is 29.3 Å². The number of hydrogen-bond acceptors (Lipinski definition) is 11. The maximum absolute atomic E-state index is 16.2. The number of halogens is 2. The second-order valence-electron chi connectivity index (χ2n) is 10.2. The summed E-state index contributed by atoms with van der Waals surface area (Å²) in [6.07, 6.45) is -0.435. The zero-order valence-corrected chi connectivity index (χ0v) is 23.7. The van der Waals surface area contributed by atoms with Gasteiger partial charge in [-0.1, -0.05) is 41.2 Å². The minimum atomic E-state index is -3.20. The number of aliphatic hydroxyl groups is 1. The van der Waals surface area contributed by atoms with Crippen LogP contribution in [0, 0.1) is 0 Å². The van der Waals surface area contributed by atoms with Crippen LogP contribution in [0.3, 0.4) is 0 Å². The second-order valence-corrected chi connectivity index (χ2v) is 11.1. The Morgan fingerprint density at radius 3 is 2.73 bits per heavy atom. The Bertz CT molecular complexity index is 1420. The summed E-state index contributed by atoms with van der Waals surface area (Å²) < 4.78 is 58.4. The predicted octanol–water partition coefficient (Wildman–Crippen LogP) is 2.61. The number of aromatic nitrogens is 2. The predicted molar refractivity (Wildman–Crippen MR) is 141 cm³/mol. The average molecular weight is 597 g/mol. The maximum atomic E-state index is 16.2. The highest BCUT2D eigenvalue weighted by molar-refractivity contribution is 7.33. The van der Waals surface area contributed by atoms with E-state index in [1.54, 1.807) is 50.3 Å². The first kappa shape index (κ1) is 30.8. The minimum Gasteiger partial charge on any atom is -0.583 e. The molecule has 0 bridgehead atoms. The van der Waals surface area contributed by atoms with E-state index in [9.17, 15) is 19.6 Å². The van der Waals surface area contributed by atoms with Crippen LogP contribution in [0.1, 0.15) is 51.5 Å². The summed E-state index contributed by atoms with van der Waals surface area (Å²) >= 11 is 0. The molecule has 1 saturated heterocycles. The minimum absolute atomic E-state index is 0.0880. The molecule has 0 spiro atoms. The van der Waals surface area contributed by atoms with Crippen molar-refractivity contribution in [3.05, 3.63) is 64.2 Å². The molecule has 0 amide bonds. The Hall–Kier alpha value is -3.13. The quantitative estimate of drug-likeness (QED) is 0.249. The van der Waals surface area contributed by atoms with Gasteiger partial charge in [0.1, 0.15) is 12.4 Å². The summed E-state index contributed by atoms with van der Waals surface area (Å²) in [5.74, 6) is -6.00. The van der Waals surface area contributed by atoms with Crippen molar-refractivity contribution in [1.82, 2.24) is 9.55 Å². The van der Waals surface area contributed by atoms with E-state index in [0.717, 1.165) is 13.1 Å². The number of aliphatic hydroxyl groups excluding tert-OH is 1. The first-order valence-electron chi connectivity index (χ1n) is 12.7. The molecule has 0 radical (unpaired) electrons. The van der Waals surface area contributed by atoms with E-state index >= 15 is 8.78 Å². The van der Waals surface area contributed by atoms with Gasteiger partial charge in [0.25, 0.3) is 11.6 Å². The van der Waals surface area contributed by atoms with Crippen LogP contribution in [0.5, 0.6) is 0 Å². The number of benzene rings is 1. The molecule has 7 atom stereocenters. The average Bonchev–Trinajstić information content (AvgIpc) is 3.07. The third kappa shape index (κ3) is 6.22. The normalized spacial score (nSPS) is 30.3. The lowest BCUT2D eigenvalue weighted by Crippen LogP contribution is -2.49. The molecule has 1 aliphatic carbocycles. The molecule has 1 fully saturated rings. The van der Waals surface area contributed by atoms with Crippen molar-refractivity contribution in [3.8, 4) is 0 Å². The van der Waals surface area contributed by atoms with E-state index in [4.69, 9.17) is 24.5 Å². The van der Waals surface area contributed by atoms with Gasteiger partial charge >= 0.3 is 19.8 Å². The van der Waals surface area contributed by atoms with Crippen LogP contribution in [0.4, 0.5) is 14.6 Å². The topological polar surface area (TPSA) is 171 Å². The van der Waals surface area contributed by atoms with E-state index in [-0.39, 0.29) is 12.2 Å². The molecule has 4 rings (SSSR count). The van der Waals surface area contributed by atoms with E-state index in [0.29, 0.717) is 15.7 Å². The number of alkyl halides is 2. The number of carbonyl (C=O) groups excluding carboxylic acids is 1. The van der Waals surface area contributed by atoms with Gasteiger partial charge in [-0.25, -0.2) is 18.4 Å². The number of ether oxygens (including phenoxy) is 3. The Morgan fingerprint density at radius 1 is 1.34 bits per heavy atom. The number of anilines is 1. The van der Waals surface area contributed by atoms with Crippen LogP contribution in [0.15, 0.2) is 52.1 Å². The smallest absolute Gasteiger partial charge is 0.351 e. The summed E-state index contributed by atoms with van der Waals surface area (Å²) in [6, 6.07) is 6.71. The molecule has 3 N–H and O–H groups in total. The molecule has 1 aromatic carbocycles. The molecular weight excluding hydrogens is 565 g/mol. The largest absolute Gasteiger partial charge is 0.583 e. The molecular formula is C26H31F2N4O8P. The van der Waals surface area contributed by atoms with E-state index < -0.39 is 68.2 Å². The van der Waals surface area contributed by atoms with E-state index in [1.165, 1.54) is 13.0 Å². The third-order valence-electron chi connectivity index (χ3n) is 6.58. The van der Waals surface area contributed by atoms with Crippen LogP contribution in [0.25, 0.3) is 6.08 Å². The van der Waals surface area contributed by atoms with Crippen molar-refractivity contribution in [3.63, 3.8) is 0 Å². The van der Waals surface area contributed by atoms with Crippen LogP contribution < -0.4 is 16.3 Å². The van der Waals surface area contributed by atoms with Crippen molar-refractivity contribution < 1.29 is 42.3 Å². The van der Waals surface area contributed by atoms with E-state index in [1.807, 2.05) is 0 Å². The second kappa shape index (κ2) is 11.6. The first-order chi connectivity index (χ1) is 19.2. The van der Waals surface area contributed by atoms with Crippen molar-refractivity contribution in [2.75, 3.05) is 12.3 Å². The molecule has 222 valence electrons. The highest BCUT2D eigenvalue weighted by Gasteiger charge is 2.65. The highest BCUT2D eigenvalue weighted by atomic mass is 31.1. The summed E-state index contributed by atoms with van der Waals surface area (Å²) in [4.78, 5) is 41.0. The molecule has 2 aromatic rings. The number of nitrogen functional groups attached to an aromatic ring is 1. The molecule has 0 saturated carbocycles. The summed E-state index contributed by atoms with van der Waals surface area (Å²) in [6.45, 7) is 4.42. The van der Waals surface area contributed by atoms with Gasteiger partial charge in [0.05, 0.1) is 6.10 Å². The van der Waals surface area contributed by atoms with Crippen molar-refractivity contribution in [2.24, 2.45) is 4.74 Å². The number of carbonyl (C=O) groups is 1. The number of rotatable bonds is 9. The van der Waals surface area contributed by atoms with Gasteiger partial charge in [0, 0.05) is 18.2 Å². The van der Waals surface area contributed by atoms with Crippen molar-refractivity contribution in [1.29, 1.82) is 0 Å². The van der Waals surface area contributed by atoms with Crippen LogP contribution >= 0.6 is 8.17 Å². The lowest BCUT2D eigenvalue weighted by molar-refractivity contribution is -0.286. The monoisotopic (exact) mass is 596 g/mol. The van der Waals surface area contributed by atoms with Gasteiger partial charge in [0.2, 0.25) is 0 Å². The zero-order valence-electron chi connectivity index (χ0n) is 22.8. The Balaban J connectivity index is 1.64. The summed E-state index contributed by atoms with van der Waals surface area (Å²) in [7, 11) is -2.95. The van der Waals surface area contributed by atoms with Gasteiger partial charge in [-0.15, -0.1) is 4.52 Å². The third-order valence-corrected chi connectivity index (χ3v) is 7.57. The van der Waals surface area contributed by atoms with Crippen LogP contribution in [-0.4, -0.2) is 57.0 Å². The Kier molecular flexibility index (Phi) is 8.74. The fraction of sp³-hybridized carbons (Fsp3) is 0.500. The number of hydrogen-bond donors (Lipinski definition) is 2. The highest BCUT2D eigenvalue weighted by Crippen LogP contribution is 2.50. The molecule has 1 aromatic heterocycles. The molecule has 41 heavy (non-hydrogen) atoms. The van der Waals surface area contributed by atoms with Gasteiger partial charge in [-0.3, -0.25) is 4.57 Å². The lowest BCUT2D eigenvalue weighted by atomic mass is 9.91. The summed E-state index contributed by atoms with van der Waals surface area (Å²) in [5.41, 5.74) is 2.58. The van der Waals surface area contributed by atoms with Crippen molar-refractivity contribution >= 4 is 26.0 Å². The summed E-state index contributed by atoms with van der Waals surface area (Å²) in [5, 5.41) is 10.7. The van der Waals surface area contributed by atoms with Gasteiger partial charge in [-0.05, 0) is 39.3 Å². The molecule has 12 nitrogen and oxygen atoms in total. The number of nitrogens with two attached hydrogens (primary N) is 1.